The predicted octanol–water partition coefficient (Wildman–Crippen LogP) is 3.13. The Morgan fingerprint density at radius 3 is 2.59 bits per heavy atom. The number of nitrogens with zero attached hydrogens (tertiary/aromatic N) is 3. The lowest BCUT2D eigenvalue weighted by molar-refractivity contribution is -0.139. The van der Waals surface area contributed by atoms with Crippen molar-refractivity contribution < 1.29 is 4.79 Å². The van der Waals surface area contributed by atoms with Gasteiger partial charge in [0, 0.05) is 57.3 Å². The van der Waals surface area contributed by atoms with Crippen molar-refractivity contribution in [2.75, 3.05) is 46.3 Å². The number of rotatable bonds is 6. The van der Waals surface area contributed by atoms with Gasteiger partial charge in [0.15, 0.2) is 5.96 Å². The third-order valence-corrected chi connectivity index (χ3v) is 6.02. The Kier molecular flexibility index (Phi) is 9.98. The van der Waals surface area contributed by atoms with Crippen LogP contribution in [-0.4, -0.2) is 68.0 Å². The summed E-state index contributed by atoms with van der Waals surface area (Å²) >= 11 is 6.08. The molecule has 1 heterocycles. The molecule has 0 bridgehead atoms. The average Bonchev–Trinajstić information content (AvgIpc) is 2.66. The van der Waals surface area contributed by atoms with Gasteiger partial charge < -0.3 is 15.5 Å². The summed E-state index contributed by atoms with van der Waals surface area (Å²) in [6, 6.07) is 7.98. The monoisotopic (exact) mass is 533 g/mol. The number of piperazine rings is 1. The first kappa shape index (κ1) is 24.2. The van der Waals surface area contributed by atoms with Crippen molar-refractivity contribution in [2.45, 2.75) is 32.2 Å². The second-order valence-electron chi connectivity index (χ2n) is 7.71. The molecule has 1 saturated carbocycles. The molecule has 1 aliphatic carbocycles. The van der Waals surface area contributed by atoms with Gasteiger partial charge in [-0.15, -0.1) is 24.0 Å². The molecule has 3 rings (SSSR count). The molecular weight excluding hydrogens is 501 g/mol. The maximum absolute atomic E-state index is 12.3. The molecule has 6 nitrogen and oxygen atoms in total. The number of benzene rings is 1. The number of carbonyl (C=O) groups is 1. The molecule has 2 fully saturated rings. The van der Waals surface area contributed by atoms with E-state index in [0.29, 0.717) is 11.8 Å². The van der Waals surface area contributed by atoms with Crippen LogP contribution in [0.2, 0.25) is 5.02 Å². The van der Waals surface area contributed by atoms with Gasteiger partial charge in [0.05, 0.1) is 6.04 Å². The number of guanidine groups is 1. The summed E-state index contributed by atoms with van der Waals surface area (Å²) in [5.74, 6) is 1.47. The minimum Gasteiger partial charge on any atom is -0.355 e. The largest absolute Gasteiger partial charge is 0.355 e. The van der Waals surface area contributed by atoms with Gasteiger partial charge in [0.25, 0.3) is 0 Å². The number of halogens is 2. The van der Waals surface area contributed by atoms with Crippen LogP contribution in [0, 0.1) is 5.92 Å². The Bertz CT molecular complexity index is 689. The summed E-state index contributed by atoms with van der Waals surface area (Å²) in [4.78, 5) is 21.1. The van der Waals surface area contributed by atoms with Gasteiger partial charge in [-0.05, 0) is 37.5 Å². The minimum absolute atomic E-state index is 0. The molecule has 2 aliphatic rings. The van der Waals surface area contributed by atoms with Crippen LogP contribution in [0.5, 0.6) is 0 Å². The van der Waals surface area contributed by atoms with E-state index in [1.165, 1.54) is 6.42 Å². The SMILES string of the molecule is CN=C(NCCN1CCN(C(=O)C2CCC2)CC1)NC(C)c1cccc(Cl)c1.I. The molecule has 2 N–H and O–H groups in total. The van der Waals surface area contributed by atoms with Crippen LogP contribution < -0.4 is 10.6 Å². The zero-order valence-electron chi connectivity index (χ0n) is 17.4. The average molecular weight is 534 g/mol. The van der Waals surface area contributed by atoms with Crippen molar-refractivity contribution in [1.29, 1.82) is 0 Å². The van der Waals surface area contributed by atoms with E-state index in [-0.39, 0.29) is 30.0 Å². The van der Waals surface area contributed by atoms with Crippen molar-refractivity contribution in [3.05, 3.63) is 34.9 Å². The lowest BCUT2D eigenvalue weighted by Gasteiger charge is -2.38. The summed E-state index contributed by atoms with van der Waals surface area (Å²) in [7, 11) is 1.78. The van der Waals surface area contributed by atoms with E-state index >= 15 is 0 Å². The molecule has 8 heteroatoms. The highest BCUT2D eigenvalue weighted by molar-refractivity contribution is 14.0. The van der Waals surface area contributed by atoms with Gasteiger partial charge in [0.1, 0.15) is 0 Å². The fraction of sp³-hybridized carbons (Fsp3) is 0.619. The zero-order valence-corrected chi connectivity index (χ0v) is 20.5. The molecule has 1 unspecified atom stereocenters. The quantitative estimate of drug-likeness (QED) is 0.335. The van der Waals surface area contributed by atoms with E-state index in [9.17, 15) is 4.79 Å². The molecular formula is C21H33ClIN5O. The second-order valence-corrected chi connectivity index (χ2v) is 8.15. The molecule has 0 aromatic heterocycles. The van der Waals surface area contributed by atoms with Crippen LogP contribution in [0.4, 0.5) is 0 Å². The highest BCUT2D eigenvalue weighted by Crippen LogP contribution is 2.28. The van der Waals surface area contributed by atoms with Crippen LogP contribution in [0.3, 0.4) is 0 Å². The van der Waals surface area contributed by atoms with Gasteiger partial charge in [-0.2, -0.15) is 0 Å². The Balaban J connectivity index is 0.00000300. The van der Waals surface area contributed by atoms with Crippen LogP contribution in [-0.2, 0) is 4.79 Å². The number of nitrogens with one attached hydrogen (secondary N) is 2. The molecule has 1 saturated heterocycles. The molecule has 29 heavy (non-hydrogen) atoms. The lowest BCUT2D eigenvalue weighted by Crippen LogP contribution is -2.52. The Hall–Kier alpha value is -1.06. The highest BCUT2D eigenvalue weighted by Gasteiger charge is 2.30. The molecule has 1 aliphatic heterocycles. The first-order chi connectivity index (χ1) is 13.6. The third-order valence-electron chi connectivity index (χ3n) is 5.78. The lowest BCUT2D eigenvalue weighted by atomic mass is 9.84. The smallest absolute Gasteiger partial charge is 0.225 e. The Labute approximate surface area is 196 Å². The standard InChI is InChI=1S/C21H32ClN5O.HI/c1-16(18-7-4-8-19(22)15-18)25-21(23-2)24-9-10-26-11-13-27(14-12-26)20(28)17-5-3-6-17;/h4,7-8,15-17H,3,5-6,9-14H2,1-2H3,(H2,23,24,25);1H. The molecule has 1 aromatic carbocycles. The van der Waals surface area contributed by atoms with E-state index in [0.717, 1.165) is 68.7 Å². The number of amides is 1. The van der Waals surface area contributed by atoms with Crippen molar-refractivity contribution in [3.63, 3.8) is 0 Å². The van der Waals surface area contributed by atoms with Gasteiger partial charge >= 0.3 is 0 Å². The predicted molar refractivity (Wildman–Crippen MR) is 130 cm³/mol. The van der Waals surface area contributed by atoms with Crippen molar-refractivity contribution in [1.82, 2.24) is 20.4 Å². The topological polar surface area (TPSA) is 60.0 Å². The molecule has 1 atom stereocenters. The van der Waals surface area contributed by atoms with Crippen LogP contribution in [0.1, 0.15) is 37.8 Å². The summed E-state index contributed by atoms with van der Waals surface area (Å²) in [6.45, 7) is 7.46. The first-order valence-corrected chi connectivity index (χ1v) is 10.7. The number of carbonyl (C=O) groups excluding carboxylic acids is 1. The molecule has 1 aromatic rings. The maximum Gasteiger partial charge on any atom is 0.225 e. The third kappa shape index (κ3) is 7.00. The second kappa shape index (κ2) is 12.0. The van der Waals surface area contributed by atoms with E-state index in [1.54, 1.807) is 7.05 Å². The first-order valence-electron chi connectivity index (χ1n) is 10.3. The summed E-state index contributed by atoms with van der Waals surface area (Å²) in [5.41, 5.74) is 1.13. The van der Waals surface area contributed by atoms with Crippen LogP contribution in [0.15, 0.2) is 29.3 Å². The van der Waals surface area contributed by atoms with Crippen LogP contribution in [0.25, 0.3) is 0 Å². The van der Waals surface area contributed by atoms with Gasteiger partial charge in [0.2, 0.25) is 5.91 Å². The normalized spacial score (nSPS) is 19.1. The summed E-state index contributed by atoms with van der Waals surface area (Å²) in [6.07, 6.45) is 3.39. The Morgan fingerprint density at radius 1 is 1.28 bits per heavy atom. The maximum atomic E-state index is 12.3. The van der Waals surface area contributed by atoms with Gasteiger partial charge in [-0.3, -0.25) is 14.7 Å². The van der Waals surface area contributed by atoms with Crippen LogP contribution >= 0.6 is 35.6 Å². The fourth-order valence-corrected chi connectivity index (χ4v) is 3.90. The molecule has 1 amide bonds. The van der Waals surface area contributed by atoms with E-state index < -0.39 is 0 Å². The number of hydrogen-bond donors (Lipinski definition) is 2. The molecule has 0 radical (unpaired) electrons. The Morgan fingerprint density at radius 2 is 2.00 bits per heavy atom. The molecule has 162 valence electrons. The highest BCUT2D eigenvalue weighted by atomic mass is 127. The number of hydrogen-bond acceptors (Lipinski definition) is 3. The van der Waals surface area contributed by atoms with Crippen molar-refractivity contribution in [2.24, 2.45) is 10.9 Å². The summed E-state index contributed by atoms with van der Waals surface area (Å²) in [5, 5.41) is 7.53. The summed E-state index contributed by atoms with van der Waals surface area (Å²) < 4.78 is 0. The number of aliphatic imine (C=N–C) groups is 1. The zero-order chi connectivity index (χ0) is 19.9. The van der Waals surface area contributed by atoms with Gasteiger partial charge in [-0.25, -0.2) is 0 Å². The van der Waals surface area contributed by atoms with Gasteiger partial charge in [-0.1, -0.05) is 30.2 Å². The minimum atomic E-state index is 0. The fourth-order valence-electron chi connectivity index (χ4n) is 3.70. The van der Waals surface area contributed by atoms with Crippen molar-refractivity contribution in [3.8, 4) is 0 Å². The van der Waals surface area contributed by atoms with E-state index in [1.807, 2.05) is 18.2 Å². The van der Waals surface area contributed by atoms with E-state index in [2.05, 4.69) is 38.4 Å². The molecule has 0 spiro atoms. The van der Waals surface area contributed by atoms with Crippen molar-refractivity contribution >= 4 is 47.4 Å². The van der Waals surface area contributed by atoms with E-state index in [4.69, 9.17) is 11.6 Å².